The van der Waals surface area contributed by atoms with Crippen molar-refractivity contribution in [1.29, 1.82) is 0 Å². The molecule has 2 aromatic heterocycles. The molecule has 0 spiro atoms. The zero-order chi connectivity index (χ0) is 22.9. The van der Waals surface area contributed by atoms with Crippen LogP contribution in [0.3, 0.4) is 0 Å². The van der Waals surface area contributed by atoms with Gasteiger partial charge in [-0.2, -0.15) is 0 Å². The Hall–Kier alpha value is -2.90. The van der Waals surface area contributed by atoms with E-state index in [-0.39, 0.29) is 17.1 Å². The molecule has 166 valence electrons. The van der Waals surface area contributed by atoms with Gasteiger partial charge in [0.05, 0.1) is 31.1 Å². The lowest BCUT2D eigenvalue weighted by molar-refractivity contribution is 0.270. The van der Waals surface area contributed by atoms with Gasteiger partial charge in [0.15, 0.2) is 17.1 Å². The molecule has 0 radical (unpaired) electrons. The number of methoxy groups -OCH3 is 2. The largest absolute Gasteiger partial charge is 0.493 e. The Balaban J connectivity index is 1.83. The van der Waals surface area contributed by atoms with Crippen LogP contribution in [0.2, 0.25) is 0 Å². The number of rotatable bonds is 7. The van der Waals surface area contributed by atoms with E-state index in [1.165, 1.54) is 38.9 Å². The number of fused-ring (bicyclic) bond motifs is 1. The fraction of sp³-hybridized carbons (Fsp3) is 0.143. The Morgan fingerprint density at radius 3 is 2.53 bits per heavy atom. The summed E-state index contributed by atoms with van der Waals surface area (Å²) in [5, 5.41) is 13.4. The molecule has 0 unspecified atom stereocenters. The van der Waals surface area contributed by atoms with Crippen molar-refractivity contribution in [2.45, 2.75) is 11.5 Å². The average molecular weight is 566 g/mol. The summed E-state index contributed by atoms with van der Waals surface area (Å²) in [6, 6.07) is 11.6. The van der Waals surface area contributed by atoms with Crippen molar-refractivity contribution in [3.8, 4) is 11.5 Å². The Bertz CT molecular complexity index is 1370. The Kier molecular flexibility index (Phi) is 6.22. The normalized spacial score (nSPS) is 11.5. The van der Waals surface area contributed by atoms with Gasteiger partial charge in [0.2, 0.25) is 0 Å². The van der Waals surface area contributed by atoms with Gasteiger partial charge in [-0.05, 0) is 40.8 Å². The van der Waals surface area contributed by atoms with Gasteiger partial charge in [-0.3, -0.25) is 0 Å². The molecule has 0 aliphatic carbocycles. The van der Waals surface area contributed by atoms with E-state index < -0.39 is 10.0 Å². The zero-order valence-electron chi connectivity index (χ0n) is 17.1. The molecule has 11 heteroatoms. The molecule has 32 heavy (non-hydrogen) atoms. The molecule has 2 N–H and O–H groups in total. The summed E-state index contributed by atoms with van der Waals surface area (Å²) in [6.07, 6.45) is 2.81. The van der Waals surface area contributed by atoms with Crippen LogP contribution in [0.4, 0.5) is 11.5 Å². The molecule has 2 aromatic carbocycles. The lowest BCUT2D eigenvalue weighted by Gasteiger charge is -2.15. The molecule has 0 bridgehead atoms. The number of nitrogens with zero attached hydrogens (tertiary/aromatic N) is 3. The molecule has 0 saturated heterocycles. The van der Waals surface area contributed by atoms with Crippen LogP contribution in [0.15, 0.2) is 59.9 Å². The fourth-order valence-corrected chi connectivity index (χ4v) is 5.65. The standard InChI is InChI=1S/C21H19IN4O5S/c1-30-17-9-14(8-13(11-27)19(17)31-2)25-20-18-16(22)10-26(21(18)24-12-23-20)32(28,29)15-6-4-3-5-7-15/h3-10,12,27H,11H2,1-2H3,(H,23,24,25). The van der Waals surface area contributed by atoms with Crippen molar-refractivity contribution >= 4 is 55.2 Å². The van der Waals surface area contributed by atoms with Gasteiger partial charge in [-0.1, -0.05) is 18.2 Å². The average Bonchev–Trinajstić information content (AvgIpc) is 3.17. The molecule has 9 nitrogen and oxygen atoms in total. The van der Waals surface area contributed by atoms with Gasteiger partial charge in [-0.25, -0.2) is 22.4 Å². The molecular weight excluding hydrogens is 547 g/mol. The number of hydrogen-bond acceptors (Lipinski definition) is 8. The third-order valence-electron chi connectivity index (χ3n) is 4.79. The second-order valence-electron chi connectivity index (χ2n) is 6.67. The van der Waals surface area contributed by atoms with Crippen molar-refractivity contribution in [3.63, 3.8) is 0 Å². The van der Waals surface area contributed by atoms with E-state index in [0.717, 1.165) is 3.97 Å². The van der Waals surface area contributed by atoms with E-state index in [2.05, 4.69) is 37.9 Å². The number of aliphatic hydroxyl groups is 1. The molecule has 0 amide bonds. The minimum Gasteiger partial charge on any atom is -0.493 e. The number of benzene rings is 2. The molecule has 4 aromatic rings. The highest BCUT2D eigenvalue weighted by Gasteiger charge is 2.23. The van der Waals surface area contributed by atoms with E-state index in [1.54, 1.807) is 30.3 Å². The zero-order valence-corrected chi connectivity index (χ0v) is 20.1. The first kappa shape index (κ1) is 22.3. The van der Waals surface area contributed by atoms with Gasteiger partial charge in [0.25, 0.3) is 10.0 Å². The minimum atomic E-state index is -3.84. The highest BCUT2D eigenvalue weighted by Crippen LogP contribution is 2.37. The van der Waals surface area contributed by atoms with E-state index in [9.17, 15) is 13.5 Å². The molecule has 0 fully saturated rings. The predicted octanol–water partition coefficient (Wildman–Crippen LogP) is 3.53. The number of hydrogen-bond donors (Lipinski definition) is 2. The van der Waals surface area contributed by atoms with Crippen LogP contribution < -0.4 is 14.8 Å². The quantitative estimate of drug-likeness (QED) is 0.327. The highest BCUT2D eigenvalue weighted by molar-refractivity contribution is 14.1. The summed E-state index contributed by atoms with van der Waals surface area (Å²) in [5.41, 5.74) is 1.36. The topological polar surface area (TPSA) is 116 Å². The molecule has 0 aliphatic rings. The number of aliphatic hydroxyl groups excluding tert-OH is 1. The Morgan fingerprint density at radius 2 is 1.88 bits per heavy atom. The summed E-state index contributed by atoms with van der Waals surface area (Å²) in [5.74, 6) is 1.28. The van der Waals surface area contributed by atoms with Crippen LogP contribution in [0.25, 0.3) is 11.0 Å². The first-order valence-electron chi connectivity index (χ1n) is 9.35. The fourth-order valence-electron chi connectivity index (χ4n) is 3.35. The maximum Gasteiger partial charge on any atom is 0.269 e. The second kappa shape index (κ2) is 8.92. The first-order valence-corrected chi connectivity index (χ1v) is 11.9. The molecule has 4 rings (SSSR count). The van der Waals surface area contributed by atoms with Crippen molar-refractivity contribution in [1.82, 2.24) is 13.9 Å². The molecular formula is C21H19IN4O5S. The number of anilines is 2. The maximum atomic E-state index is 13.2. The van der Waals surface area contributed by atoms with Crippen molar-refractivity contribution in [3.05, 3.63) is 64.1 Å². The number of ether oxygens (including phenoxy) is 2. The van der Waals surface area contributed by atoms with Gasteiger partial charge in [-0.15, -0.1) is 0 Å². The number of nitrogens with one attached hydrogen (secondary N) is 1. The smallest absolute Gasteiger partial charge is 0.269 e. The van der Waals surface area contributed by atoms with Crippen molar-refractivity contribution in [2.24, 2.45) is 0 Å². The van der Waals surface area contributed by atoms with Crippen LogP contribution in [0, 0.1) is 3.57 Å². The molecule has 2 heterocycles. The van der Waals surface area contributed by atoms with Crippen LogP contribution in [0.1, 0.15) is 5.56 Å². The van der Waals surface area contributed by atoms with Crippen LogP contribution in [-0.2, 0) is 16.6 Å². The predicted molar refractivity (Wildman–Crippen MR) is 128 cm³/mol. The van der Waals surface area contributed by atoms with Crippen LogP contribution in [-0.4, -0.2) is 41.7 Å². The van der Waals surface area contributed by atoms with E-state index in [0.29, 0.717) is 37.5 Å². The maximum absolute atomic E-state index is 13.2. The van der Waals surface area contributed by atoms with E-state index in [1.807, 2.05) is 0 Å². The first-order chi connectivity index (χ1) is 15.4. The number of halogens is 1. The van der Waals surface area contributed by atoms with Crippen molar-refractivity contribution in [2.75, 3.05) is 19.5 Å². The van der Waals surface area contributed by atoms with Gasteiger partial charge >= 0.3 is 0 Å². The van der Waals surface area contributed by atoms with Crippen molar-refractivity contribution < 1.29 is 23.0 Å². The highest BCUT2D eigenvalue weighted by atomic mass is 127. The summed E-state index contributed by atoms with van der Waals surface area (Å²) in [7, 11) is -0.841. The SMILES string of the molecule is COc1cc(Nc2ncnc3c2c(I)cn3S(=O)(=O)c2ccccc2)cc(CO)c1OC. The number of aromatic nitrogens is 3. The monoisotopic (exact) mass is 566 g/mol. The lowest BCUT2D eigenvalue weighted by Crippen LogP contribution is -2.12. The molecule has 0 atom stereocenters. The third kappa shape index (κ3) is 3.87. The van der Waals surface area contributed by atoms with E-state index >= 15 is 0 Å². The van der Waals surface area contributed by atoms with E-state index in [4.69, 9.17) is 9.47 Å². The van der Waals surface area contributed by atoms with Gasteiger partial charge in [0, 0.05) is 27.1 Å². The lowest BCUT2D eigenvalue weighted by atomic mass is 10.1. The Morgan fingerprint density at radius 1 is 1.12 bits per heavy atom. The second-order valence-corrected chi connectivity index (χ2v) is 9.64. The van der Waals surface area contributed by atoms with Crippen LogP contribution >= 0.6 is 22.6 Å². The summed E-state index contributed by atoms with van der Waals surface area (Å²) >= 11 is 2.06. The van der Waals surface area contributed by atoms with Crippen LogP contribution in [0.5, 0.6) is 11.5 Å². The molecule has 0 saturated carbocycles. The third-order valence-corrected chi connectivity index (χ3v) is 7.28. The summed E-state index contributed by atoms with van der Waals surface area (Å²) in [4.78, 5) is 8.71. The summed E-state index contributed by atoms with van der Waals surface area (Å²) in [6.45, 7) is -0.253. The van der Waals surface area contributed by atoms with Gasteiger partial charge in [0.1, 0.15) is 12.1 Å². The molecule has 0 aliphatic heterocycles. The summed E-state index contributed by atoms with van der Waals surface area (Å²) < 4.78 is 38.9. The Labute approximate surface area is 198 Å². The van der Waals surface area contributed by atoms with Gasteiger partial charge < -0.3 is 19.9 Å². The minimum absolute atomic E-state index is 0.161.